The van der Waals surface area contributed by atoms with Crippen molar-refractivity contribution in [3.8, 4) is 11.5 Å². The zero-order valence-electron chi connectivity index (χ0n) is 35.6. The molecule has 1 atom stereocenters. The van der Waals surface area contributed by atoms with E-state index in [0.29, 0.717) is 17.1 Å². The van der Waals surface area contributed by atoms with Gasteiger partial charge in [-0.3, -0.25) is 4.90 Å². The van der Waals surface area contributed by atoms with E-state index in [2.05, 4.69) is 147 Å². The summed E-state index contributed by atoms with van der Waals surface area (Å²) in [6, 6.07) is 53.7. The van der Waals surface area contributed by atoms with Crippen molar-refractivity contribution in [2.75, 3.05) is 43.8 Å². The number of fused-ring (bicyclic) bond motifs is 6. The number of rotatable bonds is 10. The van der Waals surface area contributed by atoms with Crippen LogP contribution in [0.4, 0.5) is 5.69 Å². The molecule has 2 fully saturated rings. The Balaban J connectivity index is 0.866. The molecule has 0 saturated carbocycles. The Morgan fingerprint density at radius 2 is 1.13 bits per heavy atom. The monoisotopic (exact) mass is 827 g/mol. The van der Waals surface area contributed by atoms with Crippen LogP contribution in [0.15, 0.2) is 152 Å². The van der Waals surface area contributed by atoms with Gasteiger partial charge in [0.25, 0.3) is 0 Å². The van der Waals surface area contributed by atoms with E-state index >= 15 is 0 Å². The topological polar surface area (TPSA) is 60.5 Å². The van der Waals surface area contributed by atoms with Gasteiger partial charge in [0.1, 0.15) is 34.7 Å². The molecule has 4 aliphatic rings. The van der Waals surface area contributed by atoms with Gasteiger partial charge in [-0.15, -0.1) is 0 Å². The van der Waals surface area contributed by atoms with Gasteiger partial charge in [-0.25, -0.2) is 4.79 Å². The lowest BCUT2D eigenvalue weighted by atomic mass is 9.74. The molecule has 6 aromatic carbocycles. The third-order valence-corrected chi connectivity index (χ3v) is 18.3. The van der Waals surface area contributed by atoms with E-state index in [0.717, 1.165) is 79.6 Å². The number of piperazine rings is 1. The molecular weight excluding hydrogens is 774 g/mol. The molecule has 308 valence electrons. The summed E-state index contributed by atoms with van der Waals surface area (Å²) in [5.74, 6) is 0.979. The highest BCUT2D eigenvalue weighted by Crippen LogP contribution is 2.57. The zero-order valence-corrected chi connectivity index (χ0v) is 36.4. The molecule has 9 heteroatoms. The Morgan fingerprint density at radius 3 is 1.74 bits per heavy atom. The fraction of sp³-hybridized carbons (Fsp3) is 0.288. The highest BCUT2D eigenvalue weighted by Gasteiger charge is 2.55. The minimum atomic E-state index is -1.83. The van der Waals surface area contributed by atoms with Gasteiger partial charge in [0.05, 0.1) is 22.9 Å². The molecule has 0 bridgehead atoms. The second-order valence-corrected chi connectivity index (χ2v) is 21.4. The van der Waals surface area contributed by atoms with Crippen molar-refractivity contribution in [2.45, 2.75) is 57.3 Å². The summed E-state index contributed by atoms with van der Waals surface area (Å²) in [6.45, 7) is 13.1. The lowest BCUT2D eigenvalue weighted by Gasteiger charge is -2.39. The molecule has 61 heavy (non-hydrogen) atoms. The van der Waals surface area contributed by atoms with E-state index < -0.39 is 31.2 Å². The number of nitrogens with zero attached hydrogens (tertiary/aromatic N) is 2. The number of hydrogen-bond acceptors (Lipinski definition) is 7. The highest BCUT2D eigenvalue weighted by molar-refractivity contribution is 7.95. The van der Waals surface area contributed by atoms with Crippen LogP contribution >= 0.6 is 7.26 Å². The molecule has 2 saturated heterocycles. The van der Waals surface area contributed by atoms with E-state index in [1.165, 1.54) is 15.9 Å². The number of esters is 1. The number of carbonyl (C=O) groups is 1. The van der Waals surface area contributed by atoms with Crippen LogP contribution in [0.25, 0.3) is 0 Å². The largest absolute Gasteiger partial charge is 0.494 e. The quantitative estimate of drug-likeness (QED) is 0.0595. The van der Waals surface area contributed by atoms with E-state index in [1.54, 1.807) is 0 Å². The Kier molecular flexibility index (Phi) is 10.2. The van der Waals surface area contributed by atoms with Gasteiger partial charge in [0, 0.05) is 54.6 Å². The fourth-order valence-corrected chi connectivity index (χ4v) is 14.2. The van der Waals surface area contributed by atoms with E-state index in [-0.39, 0.29) is 5.97 Å². The van der Waals surface area contributed by atoms with Crippen LogP contribution in [-0.4, -0.2) is 68.1 Å². The van der Waals surface area contributed by atoms with Gasteiger partial charge in [-0.1, -0.05) is 84.9 Å². The van der Waals surface area contributed by atoms with Gasteiger partial charge in [-0.05, 0) is 113 Å². The molecule has 1 spiro atoms. The van der Waals surface area contributed by atoms with Crippen LogP contribution in [0.5, 0.6) is 11.5 Å². The fourth-order valence-electron chi connectivity index (χ4n) is 9.80. The summed E-state index contributed by atoms with van der Waals surface area (Å²) < 4.78 is 26.2. The van der Waals surface area contributed by atoms with Crippen molar-refractivity contribution >= 4 is 47.4 Å². The number of benzene rings is 6. The van der Waals surface area contributed by atoms with Gasteiger partial charge in [0.15, 0.2) is 5.60 Å². The van der Waals surface area contributed by atoms with Crippen molar-refractivity contribution in [1.29, 1.82) is 0 Å². The molecule has 0 aromatic heterocycles. The summed E-state index contributed by atoms with van der Waals surface area (Å²) >= 11 is 0. The second kappa shape index (κ2) is 15.6. The molecule has 10 rings (SSSR count). The van der Waals surface area contributed by atoms with Crippen molar-refractivity contribution in [1.82, 2.24) is 4.90 Å². The van der Waals surface area contributed by atoms with Crippen molar-refractivity contribution < 1.29 is 23.6 Å². The van der Waals surface area contributed by atoms with Gasteiger partial charge in [0.2, 0.25) is 0 Å². The SMILES string of the molecule is CC1(C)OB(c2ccc3c(c2)Oc2cc(N4CCN(CCCC[P+](c5ccccc5)(c5ccccc5)c5ccccc5)CC4)ccc2C32OC(=O)c3ccccc32)OC1(C)C. The maximum Gasteiger partial charge on any atom is 0.494 e. The first kappa shape index (κ1) is 39.9. The van der Waals surface area contributed by atoms with Crippen molar-refractivity contribution in [2.24, 2.45) is 0 Å². The Bertz CT molecular complexity index is 2450. The third kappa shape index (κ3) is 6.80. The van der Waals surface area contributed by atoms with E-state index in [4.69, 9.17) is 18.8 Å². The molecule has 0 radical (unpaired) electrons. The van der Waals surface area contributed by atoms with E-state index in [9.17, 15) is 4.79 Å². The lowest BCUT2D eigenvalue weighted by Crippen LogP contribution is -2.46. The molecule has 0 amide bonds. The first-order valence-corrected chi connectivity index (χ1v) is 23.7. The highest BCUT2D eigenvalue weighted by atomic mass is 31.2. The summed E-state index contributed by atoms with van der Waals surface area (Å²) in [7, 11) is -2.39. The van der Waals surface area contributed by atoms with Crippen molar-refractivity contribution in [3.63, 3.8) is 0 Å². The van der Waals surface area contributed by atoms with Gasteiger partial charge in [-0.2, -0.15) is 0 Å². The Labute approximate surface area is 361 Å². The van der Waals surface area contributed by atoms with Gasteiger partial charge >= 0.3 is 13.1 Å². The number of hydrogen-bond donors (Lipinski definition) is 0. The molecule has 7 nitrogen and oxygen atoms in total. The number of ether oxygens (including phenoxy) is 2. The molecule has 6 aromatic rings. The molecule has 1 unspecified atom stereocenters. The van der Waals surface area contributed by atoms with Crippen LogP contribution in [0, 0.1) is 0 Å². The Hall–Kier alpha value is -5.24. The lowest BCUT2D eigenvalue weighted by molar-refractivity contribution is 0.00578. The summed E-state index contributed by atoms with van der Waals surface area (Å²) in [4.78, 5) is 18.6. The summed E-state index contributed by atoms with van der Waals surface area (Å²) in [5, 5.41) is 4.35. The van der Waals surface area contributed by atoms with Crippen LogP contribution in [0.3, 0.4) is 0 Å². The predicted molar refractivity (Wildman–Crippen MR) is 248 cm³/mol. The molecule has 4 aliphatic heterocycles. The number of carbonyl (C=O) groups excluding carboxylic acids is 1. The summed E-state index contributed by atoms with van der Waals surface area (Å²) in [6.07, 6.45) is 3.45. The number of unbranched alkanes of at least 4 members (excludes halogenated alkanes) is 1. The van der Waals surface area contributed by atoms with Crippen molar-refractivity contribution in [3.05, 3.63) is 174 Å². The molecule has 0 aliphatic carbocycles. The predicted octanol–water partition coefficient (Wildman–Crippen LogP) is 8.45. The van der Waals surface area contributed by atoms with Crippen LogP contribution in [0.2, 0.25) is 0 Å². The minimum Gasteiger partial charge on any atom is -0.456 e. The maximum atomic E-state index is 13.5. The normalized spacial score (nSPS) is 20.2. The first-order chi connectivity index (χ1) is 29.6. The van der Waals surface area contributed by atoms with E-state index in [1.807, 2.05) is 42.5 Å². The van der Waals surface area contributed by atoms with Gasteiger partial charge < -0.3 is 23.7 Å². The molecular formula is C52H53BN2O5P+. The van der Waals surface area contributed by atoms with Crippen LogP contribution in [-0.2, 0) is 19.6 Å². The second-order valence-electron chi connectivity index (χ2n) is 17.8. The molecule has 0 N–H and O–H groups in total. The average Bonchev–Trinajstić information content (AvgIpc) is 3.71. The maximum absolute atomic E-state index is 13.5. The first-order valence-electron chi connectivity index (χ1n) is 21.8. The van der Waals surface area contributed by atoms with Crippen LogP contribution in [0.1, 0.15) is 67.6 Å². The Morgan fingerprint density at radius 1 is 0.590 bits per heavy atom. The average molecular weight is 828 g/mol. The zero-order chi connectivity index (χ0) is 41.8. The third-order valence-electron chi connectivity index (χ3n) is 13.8. The smallest absolute Gasteiger partial charge is 0.456 e. The minimum absolute atomic E-state index is 0.336. The number of anilines is 1. The van der Waals surface area contributed by atoms with Crippen LogP contribution < -0.4 is 31.0 Å². The standard InChI is InChI=1S/C52H53BN2O5P/c1-50(2)51(3,4)60-53(59-50)38-26-28-45-47(36-38)57-48-37-39(27-29-46(48)52(45)44-25-15-14-24-43(44)49(56)58-52)55-33-31-54(32-34-55)30-16-17-35-61(40-18-8-5-9-19-40,41-20-10-6-11-21-41)42-22-12-7-13-23-42/h5-15,18-29,36-37H,16-17,30-35H2,1-4H3/q+1. The summed E-state index contributed by atoms with van der Waals surface area (Å²) in [5.41, 5.74) is 2.86. The molecule has 4 heterocycles.